The molecule has 3 rings (SSSR count). The Bertz CT molecular complexity index is 778. The lowest BCUT2D eigenvalue weighted by Crippen LogP contribution is -1.94. The minimum absolute atomic E-state index is 0.733. The Kier molecular flexibility index (Phi) is 4.57. The largest absolute Gasteiger partial charge is 0.234 e. The van der Waals surface area contributed by atoms with Gasteiger partial charge in [-0.25, -0.2) is 0 Å². The predicted molar refractivity (Wildman–Crippen MR) is 90.9 cm³/mol. The molecule has 0 aliphatic heterocycles. The lowest BCUT2D eigenvalue weighted by Gasteiger charge is -1.95. The topological polar surface area (TPSA) is 43.1 Å². The minimum Gasteiger partial charge on any atom is -0.186 e. The van der Waals surface area contributed by atoms with Gasteiger partial charge in [0.15, 0.2) is 5.82 Å². The molecule has 0 atom stereocenters. The number of thioether (sulfide) groups is 1. The van der Waals surface area contributed by atoms with Crippen LogP contribution in [0.2, 0.25) is 5.02 Å². The van der Waals surface area contributed by atoms with Crippen LogP contribution in [0.15, 0.2) is 24.3 Å². The molecule has 2 heterocycles. The van der Waals surface area contributed by atoms with Crippen LogP contribution in [0.4, 0.5) is 0 Å². The summed E-state index contributed by atoms with van der Waals surface area (Å²) in [5.74, 6) is 2.78. The highest BCUT2D eigenvalue weighted by Crippen LogP contribution is 2.21. The number of hydrogen-bond donors (Lipinski definition) is 0. The van der Waals surface area contributed by atoms with Crippen LogP contribution >= 0.6 is 34.7 Å². The third-order valence-corrected chi connectivity index (χ3v) is 4.90. The molecular weight excluding hydrogens is 324 g/mol. The summed E-state index contributed by atoms with van der Waals surface area (Å²) in [7, 11) is 0. The van der Waals surface area contributed by atoms with Crippen LogP contribution in [0.25, 0.3) is 17.1 Å². The standard InChI is InChI=1S/C14H13ClN4S2/c1-2-20-9-12-16-17-14-19(12)18-13(21-14)8-7-10-5-3-4-6-11(10)15/h3-8H,2,9H2,1H3. The quantitative estimate of drug-likeness (QED) is 0.698. The zero-order valence-corrected chi connectivity index (χ0v) is 13.8. The smallest absolute Gasteiger partial charge is 0.186 e. The van der Waals surface area contributed by atoms with E-state index in [0.29, 0.717) is 0 Å². The maximum absolute atomic E-state index is 6.13. The van der Waals surface area contributed by atoms with Gasteiger partial charge in [0.25, 0.3) is 0 Å². The van der Waals surface area contributed by atoms with E-state index in [4.69, 9.17) is 11.6 Å². The molecule has 1 aromatic carbocycles. The molecule has 3 aromatic rings. The predicted octanol–water partition coefficient (Wildman–Crippen LogP) is 4.26. The van der Waals surface area contributed by atoms with Crippen LogP contribution in [0.3, 0.4) is 0 Å². The molecule has 0 bridgehead atoms. The number of hydrogen-bond acceptors (Lipinski definition) is 5. The summed E-state index contributed by atoms with van der Waals surface area (Å²) < 4.78 is 1.82. The zero-order valence-electron chi connectivity index (χ0n) is 11.4. The van der Waals surface area contributed by atoms with E-state index < -0.39 is 0 Å². The SMILES string of the molecule is CCSCc1nnc2sc(C=Cc3ccccc3Cl)nn12. The van der Waals surface area contributed by atoms with Crippen LogP contribution < -0.4 is 0 Å². The molecule has 0 saturated carbocycles. The van der Waals surface area contributed by atoms with E-state index in [1.165, 1.54) is 11.3 Å². The maximum atomic E-state index is 6.13. The van der Waals surface area contributed by atoms with Gasteiger partial charge < -0.3 is 0 Å². The Morgan fingerprint density at radius 2 is 2.14 bits per heavy atom. The van der Waals surface area contributed by atoms with Gasteiger partial charge in [0.2, 0.25) is 4.96 Å². The lowest BCUT2D eigenvalue weighted by atomic mass is 10.2. The van der Waals surface area contributed by atoms with Crippen molar-refractivity contribution in [2.45, 2.75) is 12.7 Å². The Labute approximate surface area is 135 Å². The Balaban J connectivity index is 1.85. The van der Waals surface area contributed by atoms with E-state index in [9.17, 15) is 0 Å². The Morgan fingerprint density at radius 3 is 2.95 bits per heavy atom. The van der Waals surface area contributed by atoms with Crippen LogP contribution in [0, 0.1) is 0 Å². The van der Waals surface area contributed by atoms with E-state index in [1.807, 2.05) is 52.7 Å². The zero-order chi connectivity index (χ0) is 14.7. The summed E-state index contributed by atoms with van der Waals surface area (Å²) in [5.41, 5.74) is 0.979. The first-order valence-electron chi connectivity index (χ1n) is 6.49. The highest BCUT2D eigenvalue weighted by molar-refractivity contribution is 7.98. The van der Waals surface area contributed by atoms with Gasteiger partial charge in [-0.1, -0.05) is 54.1 Å². The highest BCUT2D eigenvalue weighted by Gasteiger charge is 2.09. The molecule has 7 heteroatoms. The van der Waals surface area contributed by atoms with Crippen molar-refractivity contribution in [3.63, 3.8) is 0 Å². The van der Waals surface area contributed by atoms with Gasteiger partial charge >= 0.3 is 0 Å². The third-order valence-electron chi connectivity index (χ3n) is 2.82. The summed E-state index contributed by atoms with van der Waals surface area (Å²) in [6.07, 6.45) is 3.92. The van der Waals surface area contributed by atoms with Crippen LogP contribution in [0.1, 0.15) is 23.3 Å². The number of rotatable bonds is 5. The second-order valence-electron chi connectivity index (χ2n) is 4.24. The maximum Gasteiger partial charge on any atom is 0.234 e. The molecule has 0 aliphatic rings. The van der Waals surface area contributed by atoms with E-state index in [0.717, 1.165) is 37.9 Å². The monoisotopic (exact) mass is 336 g/mol. The normalized spacial score (nSPS) is 11.7. The van der Waals surface area contributed by atoms with Crippen LogP contribution in [-0.4, -0.2) is 25.6 Å². The van der Waals surface area contributed by atoms with Crippen molar-refractivity contribution in [3.05, 3.63) is 45.7 Å². The molecule has 0 N–H and O–H groups in total. The lowest BCUT2D eigenvalue weighted by molar-refractivity contribution is 0.880. The summed E-state index contributed by atoms with van der Waals surface area (Å²) in [4.78, 5) is 0.820. The number of fused-ring (bicyclic) bond motifs is 1. The summed E-state index contributed by atoms with van der Waals surface area (Å²) in [6, 6.07) is 7.73. The average molecular weight is 337 g/mol. The van der Waals surface area contributed by atoms with Crippen molar-refractivity contribution in [3.8, 4) is 0 Å². The number of aromatic nitrogens is 4. The number of benzene rings is 1. The molecule has 0 spiro atoms. The first-order chi connectivity index (χ1) is 10.3. The average Bonchev–Trinajstić information content (AvgIpc) is 3.05. The van der Waals surface area contributed by atoms with E-state index in [-0.39, 0.29) is 0 Å². The van der Waals surface area contributed by atoms with Crippen molar-refractivity contribution in [2.24, 2.45) is 0 Å². The summed E-state index contributed by atoms with van der Waals surface area (Å²) in [5, 5.41) is 14.5. The van der Waals surface area contributed by atoms with Crippen molar-refractivity contribution in [1.29, 1.82) is 0 Å². The minimum atomic E-state index is 0.733. The molecule has 0 aliphatic carbocycles. The second kappa shape index (κ2) is 6.60. The molecule has 0 amide bonds. The van der Waals surface area contributed by atoms with Crippen LogP contribution in [-0.2, 0) is 5.75 Å². The van der Waals surface area contributed by atoms with Gasteiger partial charge in [-0.3, -0.25) is 0 Å². The van der Waals surface area contributed by atoms with Gasteiger partial charge in [-0.2, -0.15) is 21.4 Å². The first-order valence-corrected chi connectivity index (χ1v) is 8.84. The van der Waals surface area contributed by atoms with Crippen LogP contribution in [0.5, 0.6) is 0 Å². The van der Waals surface area contributed by atoms with Gasteiger partial charge in [0.05, 0.1) is 5.75 Å². The Hall–Kier alpha value is -1.37. The van der Waals surface area contributed by atoms with Gasteiger partial charge in [-0.15, -0.1) is 10.2 Å². The molecule has 0 fully saturated rings. The second-order valence-corrected chi connectivity index (χ2v) is 6.91. The Morgan fingerprint density at radius 1 is 1.29 bits per heavy atom. The first kappa shape index (κ1) is 14.6. The molecule has 0 radical (unpaired) electrons. The van der Waals surface area contributed by atoms with E-state index in [1.54, 1.807) is 0 Å². The molecule has 4 nitrogen and oxygen atoms in total. The van der Waals surface area contributed by atoms with Crippen molar-refractivity contribution in [1.82, 2.24) is 19.8 Å². The molecule has 21 heavy (non-hydrogen) atoms. The van der Waals surface area contributed by atoms with E-state index >= 15 is 0 Å². The molecule has 0 saturated heterocycles. The summed E-state index contributed by atoms with van der Waals surface area (Å²) in [6.45, 7) is 2.13. The third kappa shape index (κ3) is 3.28. The molecular formula is C14H13ClN4S2. The fourth-order valence-corrected chi connectivity index (χ4v) is 3.32. The summed E-state index contributed by atoms with van der Waals surface area (Å²) >= 11 is 9.46. The highest BCUT2D eigenvalue weighted by atomic mass is 35.5. The number of halogens is 1. The van der Waals surface area contributed by atoms with Crippen molar-refractivity contribution >= 4 is 51.8 Å². The van der Waals surface area contributed by atoms with Gasteiger partial charge in [-0.05, 0) is 23.5 Å². The molecule has 0 unspecified atom stereocenters. The fraction of sp³-hybridized carbons (Fsp3) is 0.214. The number of nitrogens with zero attached hydrogens (tertiary/aromatic N) is 4. The van der Waals surface area contributed by atoms with E-state index in [2.05, 4.69) is 22.2 Å². The van der Waals surface area contributed by atoms with Gasteiger partial charge in [0, 0.05) is 5.02 Å². The van der Waals surface area contributed by atoms with Gasteiger partial charge in [0.1, 0.15) is 5.01 Å². The molecule has 108 valence electrons. The molecule has 2 aromatic heterocycles. The van der Waals surface area contributed by atoms with Crippen molar-refractivity contribution in [2.75, 3.05) is 5.75 Å². The van der Waals surface area contributed by atoms with Crippen molar-refractivity contribution < 1.29 is 0 Å². The fourth-order valence-electron chi connectivity index (χ4n) is 1.79.